The fraction of sp³-hybridized carbons (Fsp3) is 1.00. The molecule has 0 amide bonds. The third-order valence-corrected chi connectivity index (χ3v) is 2.19. The van der Waals surface area contributed by atoms with Crippen molar-refractivity contribution in [2.75, 3.05) is 13.6 Å². The highest BCUT2D eigenvalue weighted by Crippen LogP contribution is 2.15. The maximum absolute atomic E-state index is 5.75. The lowest BCUT2D eigenvalue weighted by Crippen LogP contribution is -2.25. The van der Waals surface area contributed by atoms with Crippen LogP contribution >= 0.6 is 0 Å². The maximum Gasteiger partial charge on any atom is 0.0182 e. The van der Waals surface area contributed by atoms with E-state index in [0.717, 1.165) is 12.6 Å². The Hall–Kier alpha value is -0.0800. The number of hydrogen-bond donors (Lipinski definition) is 1. The first-order valence-electron chi connectivity index (χ1n) is 3.70. The molecule has 0 radical (unpaired) electrons. The molecule has 2 heteroatoms. The molecular formula is C7H16N2. The van der Waals surface area contributed by atoms with Crippen molar-refractivity contribution >= 4 is 0 Å². The van der Waals surface area contributed by atoms with Crippen LogP contribution in [-0.4, -0.2) is 30.6 Å². The minimum atomic E-state index is 0.431. The second-order valence-corrected chi connectivity index (χ2v) is 3.00. The number of likely N-dealkylation sites (tertiary alicyclic amines) is 1. The van der Waals surface area contributed by atoms with Crippen molar-refractivity contribution in [1.29, 1.82) is 0 Å². The molecule has 9 heavy (non-hydrogen) atoms. The number of nitrogens with two attached hydrogens (primary N) is 1. The number of hydrogen-bond acceptors (Lipinski definition) is 2. The summed E-state index contributed by atoms with van der Waals surface area (Å²) in [6, 6.07) is 1.18. The highest BCUT2D eigenvalue weighted by Gasteiger charge is 2.24. The van der Waals surface area contributed by atoms with Gasteiger partial charge in [-0.2, -0.15) is 0 Å². The van der Waals surface area contributed by atoms with Crippen molar-refractivity contribution in [2.45, 2.75) is 31.8 Å². The largest absolute Gasteiger partial charge is 0.326 e. The molecule has 0 saturated carbocycles. The molecule has 0 unspecified atom stereocenters. The van der Waals surface area contributed by atoms with E-state index in [1.807, 2.05) is 0 Å². The summed E-state index contributed by atoms with van der Waals surface area (Å²) in [6.45, 7) is 3.30. The monoisotopic (exact) mass is 128 g/mol. The Morgan fingerprint density at radius 1 is 1.67 bits per heavy atom. The van der Waals surface area contributed by atoms with E-state index in [4.69, 9.17) is 5.73 Å². The Morgan fingerprint density at radius 2 is 2.33 bits per heavy atom. The highest BCUT2D eigenvalue weighted by atomic mass is 15.2. The van der Waals surface area contributed by atoms with Gasteiger partial charge in [-0.25, -0.2) is 0 Å². The second kappa shape index (κ2) is 2.67. The Morgan fingerprint density at radius 3 is 2.56 bits per heavy atom. The van der Waals surface area contributed by atoms with Gasteiger partial charge in [0.1, 0.15) is 0 Å². The van der Waals surface area contributed by atoms with E-state index in [9.17, 15) is 0 Å². The Balaban J connectivity index is 2.38. The van der Waals surface area contributed by atoms with Gasteiger partial charge in [0.2, 0.25) is 0 Å². The predicted octanol–water partition coefficient (Wildman–Crippen LogP) is 0.428. The molecule has 0 aromatic rings. The zero-order valence-electron chi connectivity index (χ0n) is 6.30. The number of likely N-dealkylation sites (N-methyl/N-ethyl adjacent to an activating group) is 1. The molecule has 1 heterocycles. The van der Waals surface area contributed by atoms with Crippen molar-refractivity contribution in [3.63, 3.8) is 0 Å². The van der Waals surface area contributed by atoms with Gasteiger partial charge in [-0.15, -0.1) is 0 Å². The summed E-state index contributed by atoms with van der Waals surface area (Å²) < 4.78 is 0. The fourth-order valence-electron chi connectivity index (χ4n) is 1.60. The first-order chi connectivity index (χ1) is 4.24. The molecule has 1 saturated heterocycles. The van der Waals surface area contributed by atoms with Crippen LogP contribution in [0.1, 0.15) is 19.8 Å². The van der Waals surface area contributed by atoms with Gasteiger partial charge in [-0.3, -0.25) is 0 Å². The summed E-state index contributed by atoms with van der Waals surface area (Å²) in [5.41, 5.74) is 5.75. The van der Waals surface area contributed by atoms with E-state index in [1.165, 1.54) is 12.8 Å². The molecule has 2 atom stereocenters. The van der Waals surface area contributed by atoms with Crippen molar-refractivity contribution < 1.29 is 0 Å². The maximum atomic E-state index is 5.75. The van der Waals surface area contributed by atoms with Crippen LogP contribution in [0.3, 0.4) is 0 Å². The Labute approximate surface area is 57.0 Å². The topological polar surface area (TPSA) is 29.3 Å². The summed E-state index contributed by atoms with van der Waals surface area (Å²) in [5, 5.41) is 0. The normalized spacial score (nSPS) is 37.7. The Kier molecular flexibility index (Phi) is 2.09. The third-order valence-electron chi connectivity index (χ3n) is 2.19. The molecule has 1 aliphatic rings. The van der Waals surface area contributed by atoms with E-state index < -0.39 is 0 Å². The van der Waals surface area contributed by atoms with Crippen molar-refractivity contribution in [1.82, 2.24) is 4.90 Å². The molecule has 0 aliphatic carbocycles. The molecule has 0 aromatic heterocycles. The zero-order valence-corrected chi connectivity index (χ0v) is 6.30. The van der Waals surface area contributed by atoms with Crippen molar-refractivity contribution in [2.24, 2.45) is 5.73 Å². The van der Waals surface area contributed by atoms with Crippen LogP contribution in [0.25, 0.3) is 0 Å². The molecule has 1 fully saturated rings. The number of rotatable bonds is 1. The minimum absolute atomic E-state index is 0.431. The number of nitrogens with zero attached hydrogens (tertiary/aromatic N) is 1. The van der Waals surface area contributed by atoms with Crippen LogP contribution in [0.5, 0.6) is 0 Å². The van der Waals surface area contributed by atoms with Crippen LogP contribution in [0.2, 0.25) is 0 Å². The average Bonchev–Trinajstić information content (AvgIpc) is 2.10. The highest BCUT2D eigenvalue weighted by molar-refractivity contribution is 4.83. The zero-order chi connectivity index (χ0) is 6.85. The van der Waals surface area contributed by atoms with Gasteiger partial charge in [-0.05, 0) is 19.9 Å². The summed E-state index contributed by atoms with van der Waals surface area (Å²) in [4.78, 5) is 2.35. The van der Waals surface area contributed by atoms with Gasteiger partial charge in [0.25, 0.3) is 0 Å². The van der Waals surface area contributed by atoms with Gasteiger partial charge in [0.15, 0.2) is 0 Å². The molecule has 2 nitrogen and oxygen atoms in total. The molecular weight excluding hydrogens is 112 g/mol. The lowest BCUT2D eigenvalue weighted by atomic mass is 10.1. The molecule has 2 N–H and O–H groups in total. The summed E-state index contributed by atoms with van der Waals surface area (Å²) in [6.07, 6.45) is 2.43. The third kappa shape index (κ3) is 1.43. The predicted molar refractivity (Wildman–Crippen MR) is 39.3 cm³/mol. The van der Waals surface area contributed by atoms with Gasteiger partial charge in [0.05, 0.1) is 0 Å². The van der Waals surface area contributed by atoms with E-state index in [1.54, 1.807) is 0 Å². The summed E-state index contributed by atoms with van der Waals surface area (Å²) in [7, 11) is 2.15. The molecule has 1 rings (SSSR count). The Bertz CT molecular complexity index is 92.9. The van der Waals surface area contributed by atoms with Gasteiger partial charge in [0, 0.05) is 18.6 Å². The van der Waals surface area contributed by atoms with E-state index in [-0.39, 0.29) is 0 Å². The van der Waals surface area contributed by atoms with E-state index in [0.29, 0.717) is 6.04 Å². The van der Waals surface area contributed by atoms with Crippen molar-refractivity contribution in [3.8, 4) is 0 Å². The van der Waals surface area contributed by atoms with Crippen molar-refractivity contribution in [3.05, 3.63) is 0 Å². The summed E-state index contributed by atoms with van der Waals surface area (Å²) in [5.74, 6) is 0. The minimum Gasteiger partial charge on any atom is -0.326 e. The van der Waals surface area contributed by atoms with Crippen LogP contribution in [0.15, 0.2) is 0 Å². The smallest absolute Gasteiger partial charge is 0.0182 e. The molecule has 54 valence electrons. The fourth-order valence-corrected chi connectivity index (χ4v) is 1.60. The second-order valence-electron chi connectivity index (χ2n) is 3.00. The van der Waals surface area contributed by atoms with Crippen LogP contribution < -0.4 is 5.73 Å². The molecule has 1 aliphatic heterocycles. The van der Waals surface area contributed by atoms with Gasteiger partial charge in [-0.1, -0.05) is 6.92 Å². The van der Waals surface area contributed by atoms with Crippen LogP contribution in [0, 0.1) is 0 Å². The molecule has 0 spiro atoms. The first-order valence-corrected chi connectivity index (χ1v) is 3.70. The lowest BCUT2D eigenvalue weighted by molar-refractivity contribution is 0.303. The van der Waals surface area contributed by atoms with Crippen LogP contribution in [0.4, 0.5) is 0 Å². The first kappa shape index (κ1) is 7.03. The van der Waals surface area contributed by atoms with Crippen LogP contribution in [-0.2, 0) is 0 Å². The molecule has 0 bridgehead atoms. The molecule has 0 aromatic carbocycles. The van der Waals surface area contributed by atoms with Gasteiger partial charge >= 0.3 is 0 Å². The quantitative estimate of drug-likeness (QED) is 0.555. The van der Waals surface area contributed by atoms with E-state index in [2.05, 4.69) is 18.9 Å². The van der Waals surface area contributed by atoms with E-state index >= 15 is 0 Å². The van der Waals surface area contributed by atoms with Gasteiger partial charge < -0.3 is 10.6 Å². The average molecular weight is 128 g/mol. The standard InChI is InChI=1S/C7H16N2/c1-3-7-4-6(8)5-9(7)2/h6-7H,3-5,8H2,1-2H3/t6-,7+/m0/s1. The lowest BCUT2D eigenvalue weighted by Gasteiger charge is -2.15. The summed E-state index contributed by atoms with van der Waals surface area (Å²) >= 11 is 0. The SMILES string of the molecule is CC[C@@H]1C[C@H](N)CN1C.